The number of nitro groups is 1. The molecule has 12 heteroatoms. The van der Waals surface area contributed by atoms with Gasteiger partial charge in [-0.1, -0.05) is 18.2 Å². The summed E-state index contributed by atoms with van der Waals surface area (Å²) in [6.45, 7) is 2.26. The Morgan fingerprint density at radius 3 is 2.19 bits per heavy atom. The molecule has 1 fully saturated rings. The highest BCUT2D eigenvalue weighted by atomic mass is 32.2. The number of anilines is 1. The van der Waals surface area contributed by atoms with Gasteiger partial charge in [-0.3, -0.25) is 10.1 Å². The van der Waals surface area contributed by atoms with Gasteiger partial charge < -0.3 is 4.90 Å². The maximum absolute atomic E-state index is 11.9. The van der Waals surface area contributed by atoms with E-state index >= 15 is 0 Å². The molecular formula is C24H24FN5O4S2. The third-order valence-electron chi connectivity index (χ3n) is 4.71. The molecule has 36 heavy (non-hydrogen) atoms. The van der Waals surface area contributed by atoms with Gasteiger partial charge in [-0.05, 0) is 62.1 Å². The number of non-ortho nitro benzene ring substituents is 1. The van der Waals surface area contributed by atoms with E-state index in [4.69, 9.17) is 0 Å². The van der Waals surface area contributed by atoms with E-state index in [1.807, 2.05) is 22.8 Å². The van der Waals surface area contributed by atoms with Gasteiger partial charge in [-0.2, -0.15) is 0 Å². The molecule has 2 aromatic carbocycles. The Bertz CT molecular complexity index is 1260. The van der Waals surface area contributed by atoms with Crippen LogP contribution >= 0.6 is 12.9 Å². The maximum atomic E-state index is 11.9. The van der Waals surface area contributed by atoms with Crippen LogP contribution in [0.1, 0.15) is 12.8 Å². The fourth-order valence-corrected chi connectivity index (χ4v) is 3.76. The third-order valence-corrected chi connectivity index (χ3v) is 5.91. The lowest BCUT2D eigenvalue weighted by molar-refractivity contribution is -0.384. The van der Waals surface area contributed by atoms with E-state index in [2.05, 4.69) is 44.4 Å². The van der Waals surface area contributed by atoms with Crippen LogP contribution in [0.4, 0.5) is 15.9 Å². The number of fused-ring (bicyclic) bond motifs is 1. The van der Waals surface area contributed by atoms with Crippen molar-refractivity contribution in [1.82, 2.24) is 14.6 Å². The van der Waals surface area contributed by atoms with E-state index in [1.165, 1.54) is 49.2 Å². The Balaban J connectivity index is 0.000000193. The summed E-state index contributed by atoms with van der Waals surface area (Å²) in [4.78, 5) is 16.5. The summed E-state index contributed by atoms with van der Waals surface area (Å²) in [5, 5.41) is 14.7. The van der Waals surface area contributed by atoms with Crippen LogP contribution in [0.5, 0.6) is 0 Å². The minimum absolute atomic E-state index is 0.0556. The van der Waals surface area contributed by atoms with Gasteiger partial charge in [0.25, 0.3) is 5.69 Å². The largest absolute Gasteiger partial charge is 0.355 e. The molecule has 9 nitrogen and oxygen atoms in total. The van der Waals surface area contributed by atoms with Crippen LogP contribution in [-0.4, -0.2) is 36.8 Å². The van der Waals surface area contributed by atoms with Crippen LogP contribution in [0.15, 0.2) is 84.0 Å². The first-order valence-corrected chi connectivity index (χ1v) is 12.0. The van der Waals surface area contributed by atoms with Gasteiger partial charge >= 0.3 is 0 Å². The second kappa shape index (κ2) is 15.3. The number of hydrogen-bond acceptors (Lipinski definition) is 8. The molecule has 5 rings (SSSR count). The number of nitrogens with zero attached hydrogens (tertiary/aromatic N) is 5. The molecule has 0 spiro atoms. The van der Waals surface area contributed by atoms with Crippen molar-refractivity contribution in [2.45, 2.75) is 17.7 Å². The third kappa shape index (κ3) is 8.77. The summed E-state index contributed by atoms with van der Waals surface area (Å²) in [5.74, 6) is 0.885. The van der Waals surface area contributed by atoms with Crippen molar-refractivity contribution in [3.05, 3.63) is 95.1 Å². The van der Waals surface area contributed by atoms with Crippen LogP contribution in [0, 0.1) is 28.8 Å². The highest BCUT2D eigenvalue weighted by molar-refractivity contribution is 7.91. The number of hydrogen-bond donors (Lipinski definition) is 1. The quantitative estimate of drug-likeness (QED) is 0.132. The molecule has 1 aliphatic heterocycles. The van der Waals surface area contributed by atoms with Crippen LogP contribution in [-0.2, 0) is 14.7 Å². The van der Waals surface area contributed by atoms with Crippen LogP contribution in [0.25, 0.3) is 5.65 Å². The Hall–Kier alpha value is -3.79. The monoisotopic (exact) mass is 529 g/mol. The fraction of sp³-hybridized carbons (Fsp3) is 0.167. The number of nitro benzene ring substituents is 1. The van der Waals surface area contributed by atoms with Crippen molar-refractivity contribution in [3.8, 4) is 12.8 Å². The Morgan fingerprint density at radius 2 is 1.67 bits per heavy atom. The molecule has 3 heterocycles. The van der Waals surface area contributed by atoms with E-state index in [0.717, 1.165) is 24.6 Å². The number of imidazole rings is 1. The van der Waals surface area contributed by atoms with Crippen LogP contribution in [0.2, 0.25) is 0 Å². The molecule has 2 aromatic heterocycles. The van der Waals surface area contributed by atoms with Crippen molar-refractivity contribution in [1.29, 1.82) is 0 Å². The summed E-state index contributed by atoms with van der Waals surface area (Å²) in [5.41, 5.74) is 0.855. The molecule has 188 valence electrons. The first kappa shape index (κ1) is 28.4. The zero-order valence-corrected chi connectivity index (χ0v) is 20.8. The van der Waals surface area contributed by atoms with E-state index in [1.54, 1.807) is 24.4 Å². The van der Waals surface area contributed by atoms with Gasteiger partial charge in [0, 0.05) is 37.6 Å². The molecule has 1 atom stereocenters. The average molecular weight is 530 g/mol. The standard InChI is InChI=1S/C10H12N4.C6H5F.C6H5NO4S2.C2H2/c1-2-7-13(6-1)10-4-3-9-11-5-8-14(9)12-10;7-6-4-2-1-3-5-6;8-7(9)5-1-3-6(4-2-5)13(10)11-12;1-2/h3-5,8H,1-2,6-7H2;1-5H;1-4,12H;1-2H. The second-order valence-electron chi connectivity index (χ2n) is 6.97. The predicted molar refractivity (Wildman–Crippen MR) is 140 cm³/mol. The zero-order chi connectivity index (χ0) is 26.3. The summed E-state index contributed by atoms with van der Waals surface area (Å²) in [7, 11) is 0. The Labute approximate surface area is 216 Å². The van der Waals surface area contributed by atoms with Gasteiger partial charge in [0.15, 0.2) is 5.65 Å². The molecule has 1 saturated heterocycles. The van der Waals surface area contributed by atoms with Crippen molar-refractivity contribution >= 4 is 41.1 Å². The minimum Gasteiger partial charge on any atom is -0.355 e. The van der Waals surface area contributed by atoms with Crippen molar-refractivity contribution in [3.63, 3.8) is 0 Å². The summed E-state index contributed by atoms with van der Waals surface area (Å²) in [6, 6.07) is 17.2. The molecule has 4 aromatic rings. The first-order chi connectivity index (χ1) is 17.5. The Kier molecular flexibility index (Phi) is 12.1. The smallest absolute Gasteiger partial charge is 0.269 e. The fourth-order valence-electron chi connectivity index (χ4n) is 3.06. The maximum Gasteiger partial charge on any atom is 0.269 e. The number of halogens is 1. The molecule has 0 amide bonds. The normalized spacial score (nSPS) is 12.7. The Morgan fingerprint density at radius 1 is 1.03 bits per heavy atom. The lowest BCUT2D eigenvalue weighted by Gasteiger charge is -2.15. The number of rotatable bonds is 4. The average Bonchev–Trinajstić information content (AvgIpc) is 3.63. The topological polar surface area (TPSA) is 103 Å². The molecule has 1 aliphatic rings. The van der Waals surface area contributed by atoms with Gasteiger partial charge in [-0.25, -0.2) is 21.7 Å². The van der Waals surface area contributed by atoms with E-state index in [-0.39, 0.29) is 11.5 Å². The summed E-state index contributed by atoms with van der Waals surface area (Å²) in [6.07, 6.45) is 14.2. The lowest BCUT2D eigenvalue weighted by Crippen LogP contribution is -2.19. The number of thiol groups is 1. The SMILES string of the molecule is C#C.Fc1ccccc1.O=[N+]([O-])c1ccc(S(=O)OS)cc1.c1cn2nc(N3CCCC3)ccc2n1. The highest BCUT2D eigenvalue weighted by Crippen LogP contribution is 2.17. The van der Waals surface area contributed by atoms with Gasteiger partial charge in [-0.15, -0.1) is 17.9 Å². The second-order valence-corrected chi connectivity index (χ2v) is 8.51. The van der Waals surface area contributed by atoms with Crippen molar-refractivity contribution in [2.75, 3.05) is 18.0 Å². The van der Waals surface area contributed by atoms with Gasteiger partial charge in [0.2, 0.25) is 11.1 Å². The zero-order valence-electron chi connectivity index (χ0n) is 19.1. The van der Waals surface area contributed by atoms with E-state index in [9.17, 15) is 18.7 Å². The van der Waals surface area contributed by atoms with E-state index < -0.39 is 16.0 Å². The summed E-state index contributed by atoms with van der Waals surface area (Å²) < 4.78 is 28.9. The summed E-state index contributed by atoms with van der Waals surface area (Å²) >= 11 is 1.69. The van der Waals surface area contributed by atoms with Crippen LogP contribution in [0.3, 0.4) is 0 Å². The lowest BCUT2D eigenvalue weighted by atomic mass is 10.3. The molecule has 0 radical (unpaired) electrons. The van der Waals surface area contributed by atoms with Crippen molar-refractivity contribution < 1.29 is 17.2 Å². The van der Waals surface area contributed by atoms with Crippen molar-refractivity contribution in [2.24, 2.45) is 0 Å². The number of aromatic nitrogens is 3. The van der Waals surface area contributed by atoms with Gasteiger partial charge in [0.05, 0.1) is 9.82 Å². The molecule has 0 N–H and O–H groups in total. The highest BCUT2D eigenvalue weighted by Gasteiger charge is 2.13. The van der Waals surface area contributed by atoms with E-state index in [0.29, 0.717) is 4.90 Å². The molecular weight excluding hydrogens is 505 g/mol. The first-order valence-electron chi connectivity index (χ1n) is 10.6. The number of benzene rings is 2. The molecule has 1 unspecified atom stereocenters. The molecule has 0 saturated carbocycles. The minimum atomic E-state index is -1.67. The van der Waals surface area contributed by atoms with Gasteiger partial charge in [0.1, 0.15) is 11.6 Å². The predicted octanol–water partition coefficient (Wildman–Crippen LogP) is 4.88. The molecule has 0 bridgehead atoms. The van der Waals surface area contributed by atoms with Crippen LogP contribution < -0.4 is 4.90 Å². The number of terminal acetylenes is 1. The molecule has 0 aliphatic carbocycles.